The Morgan fingerprint density at radius 3 is 2.93 bits per heavy atom. The van der Waals surface area contributed by atoms with E-state index in [1.165, 1.54) is 6.07 Å². The standard InChI is InChI=1S/C10H10BrFN2/c11-8-3-4-10(9(12)7-8)14-6-2-1-5-13/h3-4,7,14H,1-2,6H2. The van der Waals surface area contributed by atoms with Crippen LogP contribution in [0.1, 0.15) is 12.8 Å². The molecule has 1 aromatic rings. The van der Waals surface area contributed by atoms with E-state index in [0.29, 0.717) is 18.7 Å². The van der Waals surface area contributed by atoms with Gasteiger partial charge in [0.25, 0.3) is 0 Å². The van der Waals surface area contributed by atoms with Crippen LogP contribution in [0.15, 0.2) is 22.7 Å². The van der Waals surface area contributed by atoms with Crippen LogP contribution in [0.3, 0.4) is 0 Å². The van der Waals surface area contributed by atoms with Crippen LogP contribution in [-0.4, -0.2) is 6.54 Å². The van der Waals surface area contributed by atoms with Crippen LogP contribution < -0.4 is 5.32 Å². The number of rotatable bonds is 4. The lowest BCUT2D eigenvalue weighted by atomic mass is 10.3. The summed E-state index contributed by atoms with van der Waals surface area (Å²) < 4.78 is 13.9. The molecule has 0 unspecified atom stereocenters. The van der Waals surface area contributed by atoms with Crippen molar-refractivity contribution in [3.8, 4) is 6.07 Å². The van der Waals surface area contributed by atoms with Gasteiger partial charge in [-0.2, -0.15) is 5.26 Å². The molecule has 0 amide bonds. The summed E-state index contributed by atoms with van der Waals surface area (Å²) in [4.78, 5) is 0. The highest BCUT2D eigenvalue weighted by atomic mass is 79.9. The number of nitrogens with one attached hydrogen (secondary N) is 1. The smallest absolute Gasteiger partial charge is 0.147 e. The van der Waals surface area contributed by atoms with E-state index >= 15 is 0 Å². The molecule has 0 aromatic heterocycles. The fourth-order valence-electron chi connectivity index (χ4n) is 1.02. The van der Waals surface area contributed by atoms with Gasteiger partial charge >= 0.3 is 0 Å². The summed E-state index contributed by atoms with van der Waals surface area (Å²) in [5, 5.41) is 11.2. The molecule has 0 heterocycles. The molecule has 0 fully saturated rings. The normalized spacial score (nSPS) is 9.50. The van der Waals surface area contributed by atoms with Gasteiger partial charge in [-0.25, -0.2) is 4.39 Å². The lowest BCUT2D eigenvalue weighted by Gasteiger charge is -2.06. The molecule has 0 saturated heterocycles. The second-order valence-corrected chi connectivity index (χ2v) is 3.73. The maximum atomic E-state index is 13.2. The minimum atomic E-state index is -0.281. The van der Waals surface area contributed by atoms with Gasteiger partial charge in [0.15, 0.2) is 0 Å². The first kappa shape index (κ1) is 11.0. The Morgan fingerprint density at radius 1 is 1.50 bits per heavy atom. The molecule has 1 N–H and O–H groups in total. The van der Waals surface area contributed by atoms with Crippen LogP contribution in [0.5, 0.6) is 0 Å². The van der Waals surface area contributed by atoms with E-state index < -0.39 is 0 Å². The third kappa shape index (κ3) is 3.35. The van der Waals surface area contributed by atoms with Crippen molar-refractivity contribution in [3.63, 3.8) is 0 Å². The van der Waals surface area contributed by atoms with Gasteiger partial charge < -0.3 is 5.32 Å². The summed E-state index contributed by atoms with van der Waals surface area (Å²) in [6, 6.07) is 6.89. The summed E-state index contributed by atoms with van der Waals surface area (Å²) in [5.41, 5.74) is 0.478. The van der Waals surface area contributed by atoms with E-state index in [-0.39, 0.29) is 5.82 Å². The molecule has 14 heavy (non-hydrogen) atoms. The van der Waals surface area contributed by atoms with Crippen LogP contribution in [0.25, 0.3) is 0 Å². The molecule has 0 aliphatic rings. The maximum Gasteiger partial charge on any atom is 0.147 e. The molecular formula is C10H10BrFN2. The predicted octanol–water partition coefficient (Wildman–Crippen LogP) is 3.30. The van der Waals surface area contributed by atoms with Gasteiger partial charge in [0.2, 0.25) is 0 Å². The molecule has 0 spiro atoms. The second kappa shape index (κ2) is 5.61. The van der Waals surface area contributed by atoms with Gasteiger partial charge in [0.05, 0.1) is 11.8 Å². The number of nitriles is 1. The van der Waals surface area contributed by atoms with Crippen molar-refractivity contribution in [3.05, 3.63) is 28.5 Å². The highest BCUT2D eigenvalue weighted by molar-refractivity contribution is 9.10. The Labute approximate surface area is 90.9 Å². The number of hydrogen-bond acceptors (Lipinski definition) is 2. The first-order valence-corrected chi connectivity index (χ1v) is 5.09. The van der Waals surface area contributed by atoms with Gasteiger partial charge in [-0.05, 0) is 24.6 Å². The second-order valence-electron chi connectivity index (χ2n) is 2.81. The average Bonchev–Trinajstić information content (AvgIpc) is 2.15. The highest BCUT2D eigenvalue weighted by Gasteiger charge is 2.00. The Bertz CT molecular complexity index is 346. The number of nitrogens with zero attached hydrogens (tertiary/aromatic N) is 1. The molecule has 0 aliphatic heterocycles. The van der Waals surface area contributed by atoms with Crippen molar-refractivity contribution < 1.29 is 4.39 Å². The number of anilines is 1. The minimum Gasteiger partial charge on any atom is -0.383 e. The van der Waals surface area contributed by atoms with Crippen LogP contribution in [0, 0.1) is 17.1 Å². The largest absolute Gasteiger partial charge is 0.383 e. The fraction of sp³-hybridized carbons (Fsp3) is 0.300. The summed E-state index contributed by atoms with van der Waals surface area (Å²) in [6.45, 7) is 0.617. The van der Waals surface area contributed by atoms with Gasteiger partial charge in [0.1, 0.15) is 5.82 Å². The number of hydrogen-bond donors (Lipinski definition) is 1. The Kier molecular flexibility index (Phi) is 4.41. The number of benzene rings is 1. The van der Waals surface area contributed by atoms with Crippen LogP contribution >= 0.6 is 15.9 Å². The third-order valence-electron chi connectivity index (χ3n) is 1.71. The van der Waals surface area contributed by atoms with E-state index in [1.807, 2.05) is 6.07 Å². The molecular weight excluding hydrogens is 247 g/mol. The topological polar surface area (TPSA) is 35.8 Å². The number of unbranched alkanes of at least 4 members (excludes halogenated alkanes) is 1. The lowest BCUT2D eigenvalue weighted by molar-refractivity contribution is 0.629. The van der Waals surface area contributed by atoms with Gasteiger partial charge in [0, 0.05) is 17.4 Å². The Balaban J connectivity index is 2.47. The quantitative estimate of drug-likeness (QED) is 0.840. The van der Waals surface area contributed by atoms with Crippen molar-refractivity contribution in [2.45, 2.75) is 12.8 Å². The molecule has 2 nitrogen and oxygen atoms in total. The predicted molar refractivity (Wildman–Crippen MR) is 57.4 cm³/mol. The Morgan fingerprint density at radius 2 is 2.29 bits per heavy atom. The molecule has 1 rings (SSSR count). The zero-order valence-corrected chi connectivity index (χ0v) is 9.14. The van der Waals surface area contributed by atoms with Gasteiger partial charge in [-0.3, -0.25) is 0 Å². The van der Waals surface area contributed by atoms with E-state index in [1.54, 1.807) is 12.1 Å². The summed E-state index contributed by atoms with van der Waals surface area (Å²) in [6.07, 6.45) is 1.22. The lowest BCUT2D eigenvalue weighted by Crippen LogP contribution is -2.02. The highest BCUT2D eigenvalue weighted by Crippen LogP contribution is 2.19. The molecule has 0 saturated carbocycles. The molecule has 74 valence electrons. The van der Waals surface area contributed by atoms with Crippen LogP contribution in [0.2, 0.25) is 0 Å². The maximum absolute atomic E-state index is 13.2. The van der Waals surface area contributed by atoms with Crippen molar-refractivity contribution >= 4 is 21.6 Å². The number of halogens is 2. The summed E-state index contributed by atoms with van der Waals surface area (Å²) in [7, 11) is 0. The van der Waals surface area contributed by atoms with Crippen LogP contribution in [-0.2, 0) is 0 Å². The van der Waals surface area contributed by atoms with Gasteiger partial charge in [-0.1, -0.05) is 15.9 Å². The first-order chi connectivity index (χ1) is 6.74. The van der Waals surface area contributed by atoms with Crippen molar-refractivity contribution in [1.82, 2.24) is 0 Å². The first-order valence-electron chi connectivity index (χ1n) is 4.30. The molecule has 0 bridgehead atoms. The molecule has 0 radical (unpaired) electrons. The summed E-state index contributed by atoms with van der Waals surface area (Å²) >= 11 is 3.18. The van der Waals surface area contributed by atoms with Gasteiger partial charge in [-0.15, -0.1) is 0 Å². The van der Waals surface area contributed by atoms with Crippen molar-refractivity contribution in [2.75, 3.05) is 11.9 Å². The third-order valence-corrected chi connectivity index (χ3v) is 2.21. The minimum absolute atomic E-state index is 0.281. The van der Waals surface area contributed by atoms with Crippen LogP contribution in [0.4, 0.5) is 10.1 Å². The monoisotopic (exact) mass is 256 g/mol. The molecule has 0 atom stereocenters. The molecule has 0 aliphatic carbocycles. The SMILES string of the molecule is N#CCCCNc1ccc(Br)cc1F. The van der Waals surface area contributed by atoms with Crippen molar-refractivity contribution in [2.24, 2.45) is 0 Å². The average molecular weight is 257 g/mol. The molecule has 1 aromatic carbocycles. The van der Waals surface area contributed by atoms with E-state index in [9.17, 15) is 4.39 Å². The van der Waals surface area contributed by atoms with E-state index in [2.05, 4.69) is 21.2 Å². The zero-order chi connectivity index (χ0) is 10.4. The Hall–Kier alpha value is -1.08. The van der Waals surface area contributed by atoms with Crippen molar-refractivity contribution in [1.29, 1.82) is 5.26 Å². The zero-order valence-electron chi connectivity index (χ0n) is 7.56. The molecule has 4 heteroatoms. The van der Waals surface area contributed by atoms with E-state index in [0.717, 1.165) is 10.9 Å². The fourth-order valence-corrected chi connectivity index (χ4v) is 1.36. The van der Waals surface area contributed by atoms with E-state index in [4.69, 9.17) is 5.26 Å². The summed E-state index contributed by atoms with van der Waals surface area (Å²) in [5.74, 6) is -0.281.